The van der Waals surface area contributed by atoms with Gasteiger partial charge in [-0.1, -0.05) is 32.1 Å². The van der Waals surface area contributed by atoms with E-state index >= 15 is 0 Å². The Morgan fingerprint density at radius 3 is 2.83 bits per heavy atom. The fourth-order valence-corrected chi connectivity index (χ4v) is 2.58. The van der Waals surface area contributed by atoms with E-state index in [0.717, 1.165) is 18.9 Å². The molecule has 1 N–H and O–H groups in total. The summed E-state index contributed by atoms with van der Waals surface area (Å²) < 4.78 is 0. The van der Waals surface area contributed by atoms with Crippen molar-refractivity contribution in [2.24, 2.45) is 5.92 Å². The molecule has 0 unspecified atom stereocenters. The van der Waals surface area contributed by atoms with Gasteiger partial charge in [0.15, 0.2) is 0 Å². The van der Waals surface area contributed by atoms with E-state index in [9.17, 15) is 4.79 Å². The molecule has 0 bridgehead atoms. The molecule has 98 valence electrons. The maximum absolute atomic E-state index is 11.7. The Balaban J connectivity index is 1.62. The minimum Gasteiger partial charge on any atom is -0.351 e. The van der Waals surface area contributed by atoms with Crippen LogP contribution in [0.5, 0.6) is 0 Å². The maximum atomic E-state index is 11.7. The number of carbonyl (C=O) groups is 1. The van der Waals surface area contributed by atoms with E-state index in [1.54, 1.807) is 6.20 Å². The van der Waals surface area contributed by atoms with Crippen molar-refractivity contribution in [3.05, 3.63) is 24.3 Å². The molecule has 2 rings (SSSR count). The van der Waals surface area contributed by atoms with Gasteiger partial charge in [-0.05, 0) is 18.8 Å². The molecule has 1 fully saturated rings. The van der Waals surface area contributed by atoms with Crippen LogP contribution in [0.4, 0.5) is 0 Å². The first-order valence-electron chi connectivity index (χ1n) is 6.90. The highest BCUT2D eigenvalue weighted by Gasteiger charge is 2.13. The van der Waals surface area contributed by atoms with Crippen LogP contribution in [0.15, 0.2) is 18.6 Å². The number of nitrogens with zero attached hydrogens (tertiary/aromatic N) is 2. The van der Waals surface area contributed by atoms with Crippen molar-refractivity contribution in [3.63, 3.8) is 0 Å². The predicted octanol–water partition coefficient (Wildman–Crippen LogP) is 2.57. The molecule has 1 aliphatic rings. The molecule has 1 aromatic rings. The van der Waals surface area contributed by atoms with Gasteiger partial charge in [-0.15, -0.1) is 0 Å². The van der Waals surface area contributed by atoms with E-state index < -0.39 is 0 Å². The molecular weight excluding hydrogens is 226 g/mol. The van der Waals surface area contributed by atoms with E-state index in [1.165, 1.54) is 50.9 Å². The highest BCUT2D eigenvalue weighted by molar-refractivity contribution is 5.91. The number of hydrogen-bond donors (Lipinski definition) is 1. The van der Waals surface area contributed by atoms with Crippen LogP contribution < -0.4 is 5.32 Å². The molecule has 0 saturated heterocycles. The van der Waals surface area contributed by atoms with E-state index in [-0.39, 0.29) is 5.91 Å². The summed E-state index contributed by atoms with van der Waals surface area (Å²) in [6, 6.07) is 0. The Morgan fingerprint density at radius 1 is 1.28 bits per heavy atom. The minimum absolute atomic E-state index is 0.119. The summed E-state index contributed by atoms with van der Waals surface area (Å²) in [4.78, 5) is 19.5. The molecule has 0 aliphatic heterocycles. The quantitative estimate of drug-likeness (QED) is 0.814. The van der Waals surface area contributed by atoms with E-state index in [0.29, 0.717) is 5.69 Å². The largest absolute Gasteiger partial charge is 0.351 e. The molecule has 1 saturated carbocycles. The van der Waals surface area contributed by atoms with Crippen LogP contribution in [-0.2, 0) is 0 Å². The van der Waals surface area contributed by atoms with Gasteiger partial charge in [0.1, 0.15) is 5.69 Å². The molecule has 1 amide bonds. The zero-order valence-electron chi connectivity index (χ0n) is 10.8. The fraction of sp³-hybridized carbons (Fsp3) is 0.643. The first-order chi connectivity index (χ1) is 8.86. The Labute approximate surface area is 108 Å². The Kier molecular flexibility index (Phi) is 5.12. The number of amides is 1. The van der Waals surface area contributed by atoms with Gasteiger partial charge >= 0.3 is 0 Å². The number of carbonyl (C=O) groups excluding carboxylic acids is 1. The summed E-state index contributed by atoms with van der Waals surface area (Å²) in [6.45, 7) is 0.742. The first-order valence-corrected chi connectivity index (χ1v) is 6.90. The topological polar surface area (TPSA) is 54.9 Å². The molecule has 1 heterocycles. The SMILES string of the molecule is O=C(NCCCC1CCCCC1)c1cnccn1. The van der Waals surface area contributed by atoms with Crippen molar-refractivity contribution in [3.8, 4) is 0 Å². The summed E-state index contributed by atoms with van der Waals surface area (Å²) in [7, 11) is 0. The lowest BCUT2D eigenvalue weighted by Crippen LogP contribution is -2.25. The number of aromatic nitrogens is 2. The lowest BCUT2D eigenvalue weighted by Gasteiger charge is -2.21. The molecule has 18 heavy (non-hydrogen) atoms. The number of rotatable bonds is 5. The van der Waals surface area contributed by atoms with Gasteiger partial charge in [0.05, 0.1) is 6.20 Å². The second kappa shape index (κ2) is 7.09. The third-order valence-corrected chi connectivity index (χ3v) is 3.60. The summed E-state index contributed by atoms with van der Waals surface area (Å²) in [5, 5.41) is 2.90. The first kappa shape index (κ1) is 13.0. The van der Waals surface area contributed by atoms with Gasteiger partial charge in [-0.2, -0.15) is 0 Å². The second-order valence-corrected chi connectivity index (χ2v) is 4.99. The Bertz CT molecular complexity index is 361. The van der Waals surface area contributed by atoms with Crippen LogP contribution in [-0.4, -0.2) is 22.4 Å². The van der Waals surface area contributed by atoms with Crippen molar-refractivity contribution in [2.75, 3.05) is 6.54 Å². The van der Waals surface area contributed by atoms with Crippen LogP contribution in [0.3, 0.4) is 0 Å². The highest BCUT2D eigenvalue weighted by atomic mass is 16.1. The summed E-state index contributed by atoms with van der Waals surface area (Å²) >= 11 is 0. The second-order valence-electron chi connectivity index (χ2n) is 4.99. The summed E-state index contributed by atoms with van der Waals surface area (Å²) in [6.07, 6.45) is 13.8. The smallest absolute Gasteiger partial charge is 0.271 e. The van der Waals surface area contributed by atoms with Crippen LogP contribution in [0.2, 0.25) is 0 Å². The lowest BCUT2D eigenvalue weighted by atomic mass is 9.86. The highest BCUT2D eigenvalue weighted by Crippen LogP contribution is 2.26. The standard InChI is InChI=1S/C14H21N3O/c18-14(13-11-15-9-10-16-13)17-8-4-7-12-5-2-1-3-6-12/h9-12H,1-8H2,(H,17,18). The Hall–Kier alpha value is -1.45. The fourth-order valence-electron chi connectivity index (χ4n) is 2.58. The van der Waals surface area contributed by atoms with Crippen molar-refractivity contribution in [1.82, 2.24) is 15.3 Å². The third-order valence-electron chi connectivity index (χ3n) is 3.60. The van der Waals surface area contributed by atoms with E-state index in [4.69, 9.17) is 0 Å². The zero-order chi connectivity index (χ0) is 12.6. The maximum Gasteiger partial charge on any atom is 0.271 e. The van der Waals surface area contributed by atoms with Crippen LogP contribution in [0, 0.1) is 5.92 Å². The van der Waals surface area contributed by atoms with E-state index in [1.807, 2.05) is 0 Å². The molecular formula is C14H21N3O. The molecule has 0 aromatic carbocycles. The zero-order valence-corrected chi connectivity index (χ0v) is 10.8. The molecule has 0 atom stereocenters. The molecule has 4 nitrogen and oxygen atoms in total. The van der Waals surface area contributed by atoms with Gasteiger partial charge in [-0.3, -0.25) is 9.78 Å². The average Bonchev–Trinajstić information content (AvgIpc) is 2.45. The van der Waals surface area contributed by atoms with Gasteiger partial charge in [-0.25, -0.2) is 4.98 Å². The van der Waals surface area contributed by atoms with Crippen molar-refractivity contribution in [2.45, 2.75) is 44.9 Å². The van der Waals surface area contributed by atoms with Gasteiger partial charge in [0, 0.05) is 18.9 Å². The van der Waals surface area contributed by atoms with Crippen LogP contribution in [0.25, 0.3) is 0 Å². The van der Waals surface area contributed by atoms with Crippen molar-refractivity contribution in [1.29, 1.82) is 0 Å². The van der Waals surface area contributed by atoms with Crippen molar-refractivity contribution < 1.29 is 4.79 Å². The third kappa shape index (κ3) is 4.09. The molecule has 1 aromatic heterocycles. The molecule has 1 aliphatic carbocycles. The van der Waals surface area contributed by atoms with Gasteiger partial charge in [0.25, 0.3) is 5.91 Å². The molecule has 0 radical (unpaired) electrons. The van der Waals surface area contributed by atoms with Gasteiger partial charge < -0.3 is 5.32 Å². The minimum atomic E-state index is -0.119. The molecule has 0 spiro atoms. The normalized spacial score (nSPS) is 16.4. The van der Waals surface area contributed by atoms with Crippen LogP contribution >= 0.6 is 0 Å². The number of hydrogen-bond acceptors (Lipinski definition) is 3. The molecule has 4 heteroatoms. The Morgan fingerprint density at radius 2 is 2.11 bits per heavy atom. The monoisotopic (exact) mass is 247 g/mol. The van der Waals surface area contributed by atoms with Crippen molar-refractivity contribution >= 4 is 5.91 Å². The lowest BCUT2D eigenvalue weighted by molar-refractivity contribution is 0.0946. The average molecular weight is 247 g/mol. The van der Waals surface area contributed by atoms with E-state index in [2.05, 4.69) is 15.3 Å². The van der Waals surface area contributed by atoms with Gasteiger partial charge in [0.2, 0.25) is 0 Å². The summed E-state index contributed by atoms with van der Waals surface area (Å²) in [5.74, 6) is 0.763. The number of nitrogens with one attached hydrogen (secondary N) is 1. The predicted molar refractivity (Wildman–Crippen MR) is 70.2 cm³/mol. The van der Waals surface area contributed by atoms with Crippen LogP contribution in [0.1, 0.15) is 55.4 Å². The summed E-state index contributed by atoms with van der Waals surface area (Å²) in [5.41, 5.74) is 0.398.